The monoisotopic (exact) mass is 599 g/mol. The van der Waals surface area contributed by atoms with E-state index < -0.39 is 31.1 Å². The molecule has 2 unspecified atom stereocenters. The topological polar surface area (TPSA) is 143 Å². The van der Waals surface area contributed by atoms with Gasteiger partial charge in [-0.25, -0.2) is 6.08 Å². The van der Waals surface area contributed by atoms with Crippen LogP contribution in [0.3, 0.4) is 0 Å². The maximum atomic E-state index is 11.7. The quantitative estimate of drug-likeness (QED) is 0.153. The average molecular weight is 599 g/mol. The predicted molar refractivity (Wildman–Crippen MR) is 86.1 cm³/mol. The van der Waals surface area contributed by atoms with Gasteiger partial charge in [-0.3, -0.25) is 14.7 Å². The molecule has 25 heavy (non-hydrogen) atoms. The molecule has 0 aliphatic heterocycles. The summed E-state index contributed by atoms with van der Waals surface area (Å²) < 4.78 is 22.7. The van der Waals surface area contributed by atoms with Gasteiger partial charge in [-0.15, -0.1) is 5.82 Å². The van der Waals surface area contributed by atoms with Gasteiger partial charge in [0.05, 0.1) is 12.8 Å². The number of ether oxygens (including phenoxy) is 2. The van der Waals surface area contributed by atoms with Crippen LogP contribution in [0.4, 0.5) is 0 Å². The Morgan fingerprint density at radius 3 is 2.64 bits per heavy atom. The number of methoxy groups -OCH3 is 1. The van der Waals surface area contributed by atoms with Crippen molar-refractivity contribution >= 4 is 7.60 Å². The molecular weight excluding hydrogens is 579 g/mol. The molecule has 0 amide bonds. The maximum Gasteiger partial charge on any atom is 2.00 e. The Hall–Kier alpha value is -0.758. The van der Waals surface area contributed by atoms with E-state index in [1.807, 2.05) is 0 Å². The van der Waals surface area contributed by atoms with Crippen LogP contribution in [0.1, 0.15) is 0 Å². The fourth-order valence-corrected chi connectivity index (χ4v) is 2.02. The molecule has 138 valence electrons. The molecule has 0 aromatic carbocycles. The number of rotatable bonds is 10. The smallest absolute Gasteiger partial charge is 0.435 e. The molecule has 0 aliphatic rings. The number of nitrogens with zero attached hydrogens (tertiary/aromatic N) is 1. The summed E-state index contributed by atoms with van der Waals surface area (Å²) in [4.78, 5) is 42.5. The third kappa shape index (κ3) is 9.49. The molecule has 0 saturated carbocycles. The van der Waals surface area contributed by atoms with Gasteiger partial charge in [0.15, 0.2) is 0 Å². The summed E-state index contributed by atoms with van der Waals surface area (Å²) >= 11 is 0. The Morgan fingerprint density at radius 1 is 1.44 bits per heavy atom. The first-order chi connectivity index (χ1) is 11.3. The van der Waals surface area contributed by atoms with E-state index in [4.69, 9.17) is 19.3 Å². The summed E-state index contributed by atoms with van der Waals surface area (Å²) in [5.41, 5.74) is -1.18. The van der Waals surface area contributed by atoms with Gasteiger partial charge in [-0.2, -0.15) is 6.42 Å². The SMILES string of the molecule is CNCOC([CH-]/C=C/P(=O)(O)O)C([CH-]n1ccc(=O)[nH]c1=O)OC.[U+2]. The van der Waals surface area contributed by atoms with Gasteiger partial charge in [0.2, 0.25) is 11.2 Å². The second-order valence-corrected chi connectivity index (χ2v) is 6.10. The van der Waals surface area contributed by atoms with Crippen LogP contribution in [-0.4, -0.2) is 52.4 Å². The minimum atomic E-state index is -4.30. The Balaban J connectivity index is 0.00000576. The first kappa shape index (κ1) is 24.2. The molecule has 1 aromatic rings. The molecule has 12 heteroatoms. The molecule has 0 radical (unpaired) electrons. The number of hydrogen-bond donors (Lipinski definition) is 4. The molecule has 4 N–H and O–H groups in total. The Morgan fingerprint density at radius 2 is 2.12 bits per heavy atom. The van der Waals surface area contributed by atoms with Crippen molar-refractivity contribution in [3.8, 4) is 0 Å². The molecule has 0 aliphatic carbocycles. The van der Waals surface area contributed by atoms with Crippen molar-refractivity contribution in [2.45, 2.75) is 12.2 Å². The van der Waals surface area contributed by atoms with Crippen molar-refractivity contribution < 1.29 is 54.9 Å². The number of aromatic nitrogens is 2. The van der Waals surface area contributed by atoms with E-state index in [1.54, 1.807) is 7.05 Å². The van der Waals surface area contributed by atoms with E-state index in [9.17, 15) is 14.2 Å². The van der Waals surface area contributed by atoms with Crippen molar-refractivity contribution in [2.24, 2.45) is 0 Å². The van der Waals surface area contributed by atoms with Crippen LogP contribution >= 0.6 is 7.60 Å². The molecule has 2 atom stereocenters. The molecule has 1 rings (SSSR count). The van der Waals surface area contributed by atoms with Crippen LogP contribution in [0.2, 0.25) is 0 Å². The summed E-state index contributed by atoms with van der Waals surface area (Å²) in [5.74, 6) is 0.724. The van der Waals surface area contributed by atoms with Crippen molar-refractivity contribution in [3.05, 3.63) is 58.0 Å². The molecule has 0 saturated heterocycles. The number of nitrogens with one attached hydrogen (secondary N) is 2. The van der Waals surface area contributed by atoms with Gasteiger partial charge in [-0.1, -0.05) is 12.7 Å². The van der Waals surface area contributed by atoms with Crippen molar-refractivity contribution in [2.75, 3.05) is 20.9 Å². The second-order valence-electron chi connectivity index (χ2n) is 4.62. The van der Waals surface area contributed by atoms with Gasteiger partial charge in [-0.05, 0) is 13.1 Å². The molecule has 10 nitrogen and oxygen atoms in total. The zero-order valence-electron chi connectivity index (χ0n) is 13.7. The van der Waals surface area contributed by atoms with Crippen LogP contribution in [0.5, 0.6) is 0 Å². The minimum Gasteiger partial charge on any atom is -0.435 e. The summed E-state index contributed by atoms with van der Waals surface area (Å²) in [6.45, 7) is 1.51. The van der Waals surface area contributed by atoms with Crippen LogP contribution in [0.25, 0.3) is 0 Å². The van der Waals surface area contributed by atoms with Crippen LogP contribution in [0, 0.1) is 44.1 Å². The summed E-state index contributed by atoms with van der Waals surface area (Å²) in [5, 5.41) is 2.76. The Kier molecular flexibility index (Phi) is 11.4. The van der Waals surface area contributed by atoms with Gasteiger partial charge in [0.25, 0.3) is 7.60 Å². The maximum absolute atomic E-state index is 11.7. The van der Waals surface area contributed by atoms with Gasteiger partial charge >= 0.3 is 31.1 Å². The van der Waals surface area contributed by atoms with E-state index in [1.165, 1.54) is 32.3 Å². The molecule has 0 fully saturated rings. The number of aromatic amines is 1. The molecule has 1 aromatic heterocycles. The Bertz CT molecular complexity index is 699. The zero-order chi connectivity index (χ0) is 18.2. The average Bonchev–Trinajstić information content (AvgIpc) is 2.49. The van der Waals surface area contributed by atoms with Crippen LogP contribution < -0.4 is 16.6 Å². The summed E-state index contributed by atoms with van der Waals surface area (Å²) in [7, 11) is -1.26. The molecular formula is C13H20N3O7PU. The largest absolute Gasteiger partial charge is 2.00 e. The Labute approximate surface area is 168 Å². The number of H-pyrrole nitrogens is 1. The van der Waals surface area contributed by atoms with E-state index >= 15 is 0 Å². The van der Waals surface area contributed by atoms with Crippen molar-refractivity contribution in [1.29, 1.82) is 0 Å². The van der Waals surface area contributed by atoms with Crippen molar-refractivity contribution in [1.82, 2.24) is 14.9 Å². The third-order valence-corrected chi connectivity index (χ3v) is 3.32. The van der Waals surface area contributed by atoms with Gasteiger partial charge < -0.3 is 33.6 Å². The van der Waals surface area contributed by atoms with Gasteiger partial charge in [0, 0.05) is 13.2 Å². The molecule has 0 spiro atoms. The van der Waals surface area contributed by atoms with Gasteiger partial charge in [0.1, 0.15) is 0 Å². The predicted octanol–water partition coefficient (Wildman–Crippen LogP) is -0.981. The standard InChI is InChI=1S/C13H20N3O7P.U/c1-14-9-23-10(4-3-7-24(19,20)21)11(22-2)8-16-6-5-12(17)15-13(16)18;/h3-8,10-11,14H,9H2,1-2H3,(H,15,17,18)(H2,19,20,21);/q-2;+2/b7-3+;. The minimum absolute atomic E-state index is 0. The van der Waals surface area contributed by atoms with Crippen LogP contribution in [0.15, 0.2) is 33.7 Å². The third-order valence-electron chi connectivity index (χ3n) is 2.76. The summed E-state index contributed by atoms with van der Waals surface area (Å²) in [6, 6.07) is 1.17. The first-order valence-corrected chi connectivity index (χ1v) is 8.48. The zero-order valence-corrected chi connectivity index (χ0v) is 18.7. The number of hydrogen-bond acceptors (Lipinski definition) is 6. The van der Waals surface area contributed by atoms with Crippen LogP contribution in [-0.2, 0) is 14.0 Å². The molecule has 1 heterocycles. The van der Waals surface area contributed by atoms with E-state index in [-0.39, 0.29) is 37.8 Å². The van der Waals surface area contributed by atoms with E-state index in [0.29, 0.717) is 0 Å². The first-order valence-electron chi connectivity index (χ1n) is 6.80. The molecule has 0 bridgehead atoms. The van der Waals surface area contributed by atoms with Crippen molar-refractivity contribution in [3.63, 3.8) is 0 Å². The fraction of sp³-hybridized carbons (Fsp3) is 0.385. The van der Waals surface area contributed by atoms with E-state index in [2.05, 4.69) is 10.3 Å². The van der Waals surface area contributed by atoms with E-state index in [0.717, 1.165) is 16.5 Å². The normalized spacial score (nSPS) is 13.9. The summed E-state index contributed by atoms with van der Waals surface area (Å²) in [6.07, 6.45) is 2.31. The second kappa shape index (κ2) is 11.8. The fourth-order valence-electron chi connectivity index (χ4n) is 1.69.